The van der Waals surface area contributed by atoms with Crippen molar-refractivity contribution in [3.05, 3.63) is 54.1 Å². The number of nitrogens with zero attached hydrogens (tertiary/aromatic N) is 2. The van der Waals surface area contributed by atoms with E-state index < -0.39 is 11.6 Å². The molecule has 1 aromatic heterocycles. The van der Waals surface area contributed by atoms with Gasteiger partial charge in [-0.15, -0.1) is 0 Å². The summed E-state index contributed by atoms with van der Waals surface area (Å²) >= 11 is 0. The van der Waals surface area contributed by atoms with E-state index in [9.17, 15) is 9.18 Å². The van der Waals surface area contributed by atoms with E-state index in [1.54, 1.807) is 36.1 Å². The molecule has 6 heteroatoms. The van der Waals surface area contributed by atoms with Crippen molar-refractivity contribution in [2.45, 2.75) is 31.3 Å². The van der Waals surface area contributed by atoms with Crippen molar-refractivity contribution in [1.82, 2.24) is 15.1 Å². The minimum absolute atomic E-state index is 0.139. The zero-order chi connectivity index (χ0) is 16.3. The largest absolute Gasteiger partial charge is 0.381 e. The minimum Gasteiger partial charge on any atom is -0.381 e. The number of hydrogen-bond acceptors (Lipinski definition) is 3. The number of benzene rings is 1. The fraction of sp³-hybridized carbons (Fsp3) is 0.412. The molecule has 0 aliphatic carbocycles. The van der Waals surface area contributed by atoms with E-state index in [-0.39, 0.29) is 11.7 Å². The lowest BCUT2D eigenvalue weighted by molar-refractivity contribution is -0.127. The van der Waals surface area contributed by atoms with E-state index in [2.05, 4.69) is 10.4 Å². The molecule has 1 atom stereocenters. The molecular formula is C17H20FN3O2. The molecule has 3 rings (SSSR count). The highest BCUT2D eigenvalue weighted by molar-refractivity contribution is 5.80. The van der Waals surface area contributed by atoms with Crippen LogP contribution in [0.5, 0.6) is 0 Å². The number of aromatic nitrogens is 2. The molecule has 0 unspecified atom stereocenters. The Balaban J connectivity index is 1.86. The van der Waals surface area contributed by atoms with Gasteiger partial charge in [0.05, 0.1) is 5.54 Å². The molecule has 5 nitrogen and oxygen atoms in total. The number of rotatable bonds is 4. The predicted molar refractivity (Wildman–Crippen MR) is 83.2 cm³/mol. The van der Waals surface area contributed by atoms with E-state index in [1.807, 2.05) is 6.07 Å². The zero-order valence-electron chi connectivity index (χ0n) is 13.0. The average molecular weight is 317 g/mol. The Labute approximate surface area is 134 Å². The summed E-state index contributed by atoms with van der Waals surface area (Å²) in [6.07, 6.45) is 4.63. The van der Waals surface area contributed by atoms with Crippen LogP contribution in [0.25, 0.3) is 0 Å². The molecule has 2 heterocycles. The number of ether oxygens (including phenoxy) is 1. The molecule has 122 valence electrons. The Kier molecular flexibility index (Phi) is 4.43. The fourth-order valence-corrected chi connectivity index (χ4v) is 2.96. The van der Waals surface area contributed by atoms with Crippen LogP contribution in [-0.2, 0) is 15.1 Å². The SMILES string of the molecule is C[C@H](C(=O)NC1(c2cccc(F)c2)CCOCC1)n1cccn1. The van der Waals surface area contributed by atoms with E-state index in [4.69, 9.17) is 4.74 Å². The molecule has 0 bridgehead atoms. The van der Waals surface area contributed by atoms with Crippen molar-refractivity contribution in [3.63, 3.8) is 0 Å². The van der Waals surface area contributed by atoms with Gasteiger partial charge in [-0.1, -0.05) is 12.1 Å². The van der Waals surface area contributed by atoms with Crippen LogP contribution >= 0.6 is 0 Å². The summed E-state index contributed by atoms with van der Waals surface area (Å²) in [6, 6.07) is 7.77. The highest BCUT2D eigenvalue weighted by atomic mass is 19.1. The van der Waals surface area contributed by atoms with Gasteiger partial charge < -0.3 is 10.1 Å². The fourth-order valence-electron chi connectivity index (χ4n) is 2.96. The first-order valence-corrected chi connectivity index (χ1v) is 7.76. The smallest absolute Gasteiger partial charge is 0.245 e. The maximum atomic E-state index is 13.7. The Morgan fingerprint density at radius 3 is 2.83 bits per heavy atom. The molecule has 23 heavy (non-hydrogen) atoms. The number of hydrogen-bond donors (Lipinski definition) is 1. The summed E-state index contributed by atoms with van der Waals surface area (Å²) < 4.78 is 20.7. The highest BCUT2D eigenvalue weighted by Crippen LogP contribution is 2.33. The van der Waals surface area contributed by atoms with Crippen LogP contribution < -0.4 is 5.32 Å². The molecule has 0 saturated carbocycles. The normalized spacial score (nSPS) is 18.3. The zero-order valence-corrected chi connectivity index (χ0v) is 13.0. The summed E-state index contributed by atoms with van der Waals surface area (Å²) in [5.41, 5.74) is 0.181. The van der Waals surface area contributed by atoms with Crippen molar-refractivity contribution in [1.29, 1.82) is 0 Å². The number of amides is 1. The number of nitrogens with one attached hydrogen (secondary N) is 1. The van der Waals surface area contributed by atoms with Crippen molar-refractivity contribution in [3.8, 4) is 0 Å². The molecular weight excluding hydrogens is 297 g/mol. The molecule has 0 spiro atoms. The molecule has 1 amide bonds. The van der Waals surface area contributed by atoms with Gasteiger partial charge in [0.2, 0.25) is 5.91 Å². The number of carbonyl (C=O) groups excluding carboxylic acids is 1. The van der Waals surface area contributed by atoms with Crippen LogP contribution in [0.4, 0.5) is 4.39 Å². The molecule has 1 aromatic carbocycles. The van der Waals surface area contributed by atoms with Crippen LogP contribution in [0.2, 0.25) is 0 Å². The third kappa shape index (κ3) is 3.27. The van der Waals surface area contributed by atoms with Gasteiger partial charge >= 0.3 is 0 Å². The topological polar surface area (TPSA) is 56.1 Å². The third-order valence-electron chi connectivity index (χ3n) is 4.39. The Morgan fingerprint density at radius 1 is 1.39 bits per heavy atom. The maximum Gasteiger partial charge on any atom is 0.245 e. The van der Waals surface area contributed by atoms with Gasteiger partial charge in [-0.25, -0.2) is 4.39 Å². The Hall–Kier alpha value is -2.21. The summed E-state index contributed by atoms with van der Waals surface area (Å²) in [5.74, 6) is -0.442. The van der Waals surface area contributed by atoms with Crippen LogP contribution in [0.3, 0.4) is 0 Å². The lowest BCUT2D eigenvalue weighted by Crippen LogP contribution is -2.51. The van der Waals surface area contributed by atoms with Gasteiger partial charge in [-0.2, -0.15) is 5.10 Å². The van der Waals surface area contributed by atoms with E-state index in [0.29, 0.717) is 26.1 Å². The lowest BCUT2D eigenvalue weighted by Gasteiger charge is -2.39. The lowest BCUT2D eigenvalue weighted by atomic mass is 9.82. The number of carbonyl (C=O) groups is 1. The standard InChI is InChI=1S/C17H20FN3O2/c1-13(21-9-3-8-19-21)16(22)20-17(6-10-23-11-7-17)14-4-2-5-15(18)12-14/h2-5,8-9,12-13H,6-7,10-11H2,1H3,(H,20,22)/t13-/m1/s1. The quantitative estimate of drug-likeness (QED) is 0.942. The van der Waals surface area contributed by atoms with Crippen LogP contribution in [0, 0.1) is 5.82 Å². The second kappa shape index (κ2) is 6.50. The van der Waals surface area contributed by atoms with Gasteiger partial charge in [-0.3, -0.25) is 9.48 Å². The molecule has 0 radical (unpaired) electrons. The maximum absolute atomic E-state index is 13.7. The first-order valence-electron chi connectivity index (χ1n) is 7.76. The molecule has 1 fully saturated rings. The highest BCUT2D eigenvalue weighted by Gasteiger charge is 2.37. The van der Waals surface area contributed by atoms with Crippen molar-refractivity contribution in [2.75, 3.05) is 13.2 Å². The average Bonchev–Trinajstić information content (AvgIpc) is 3.09. The molecule has 1 saturated heterocycles. The molecule has 1 N–H and O–H groups in total. The van der Waals surface area contributed by atoms with Crippen molar-refractivity contribution >= 4 is 5.91 Å². The van der Waals surface area contributed by atoms with Gasteiger partial charge in [0.1, 0.15) is 11.9 Å². The summed E-state index contributed by atoms with van der Waals surface area (Å²) in [6.45, 7) is 2.86. The first kappa shape index (κ1) is 15.7. The summed E-state index contributed by atoms with van der Waals surface area (Å²) in [5, 5.41) is 7.23. The van der Waals surface area contributed by atoms with Gasteiger partial charge in [0.15, 0.2) is 0 Å². The first-order chi connectivity index (χ1) is 11.1. The predicted octanol–water partition coefficient (Wildman–Crippen LogP) is 2.41. The monoisotopic (exact) mass is 317 g/mol. The summed E-state index contributed by atoms with van der Waals surface area (Å²) in [7, 11) is 0. The second-order valence-corrected chi connectivity index (χ2v) is 5.86. The molecule has 1 aliphatic rings. The minimum atomic E-state index is -0.598. The number of halogens is 1. The third-order valence-corrected chi connectivity index (χ3v) is 4.39. The van der Waals surface area contributed by atoms with Gasteiger partial charge in [0, 0.05) is 25.6 Å². The van der Waals surface area contributed by atoms with E-state index in [1.165, 1.54) is 12.1 Å². The van der Waals surface area contributed by atoms with E-state index in [0.717, 1.165) is 5.56 Å². The van der Waals surface area contributed by atoms with Gasteiger partial charge in [-0.05, 0) is 43.5 Å². The molecule has 2 aromatic rings. The Morgan fingerprint density at radius 2 is 2.17 bits per heavy atom. The summed E-state index contributed by atoms with van der Waals surface area (Å²) in [4.78, 5) is 12.7. The molecule has 1 aliphatic heterocycles. The van der Waals surface area contributed by atoms with Crippen LogP contribution in [-0.4, -0.2) is 28.9 Å². The van der Waals surface area contributed by atoms with Crippen LogP contribution in [0.15, 0.2) is 42.7 Å². The Bertz CT molecular complexity index is 666. The second-order valence-electron chi connectivity index (χ2n) is 5.86. The van der Waals surface area contributed by atoms with E-state index >= 15 is 0 Å². The van der Waals surface area contributed by atoms with Crippen molar-refractivity contribution < 1.29 is 13.9 Å². The van der Waals surface area contributed by atoms with Crippen LogP contribution in [0.1, 0.15) is 31.4 Å². The van der Waals surface area contributed by atoms with Gasteiger partial charge in [0.25, 0.3) is 0 Å². The van der Waals surface area contributed by atoms with Crippen molar-refractivity contribution in [2.24, 2.45) is 0 Å².